The minimum Gasteiger partial charge on any atom is -0.306 e. The molecule has 1 N–H and O–H groups in total. The Morgan fingerprint density at radius 2 is 2.32 bits per heavy atom. The van der Waals surface area contributed by atoms with Crippen LogP contribution in [-0.4, -0.2) is 34.6 Å². The van der Waals surface area contributed by atoms with E-state index in [-0.39, 0.29) is 11.5 Å². The Bertz CT molecular complexity index is 646. The predicted molar refractivity (Wildman–Crippen MR) is 72.7 cm³/mol. The van der Waals surface area contributed by atoms with Crippen LogP contribution in [-0.2, 0) is 6.54 Å². The first kappa shape index (κ1) is 12.4. The number of fused-ring (bicyclic) bond motifs is 1. The van der Waals surface area contributed by atoms with E-state index < -0.39 is 0 Å². The van der Waals surface area contributed by atoms with E-state index in [1.807, 2.05) is 0 Å². The maximum atomic E-state index is 13.9. The van der Waals surface area contributed by atoms with E-state index in [4.69, 9.17) is 0 Å². The van der Waals surface area contributed by atoms with E-state index in [1.54, 1.807) is 16.7 Å². The molecule has 0 radical (unpaired) electrons. The molecule has 0 bridgehead atoms. The fourth-order valence-electron chi connectivity index (χ4n) is 3.03. The fourth-order valence-corrected chi connectivity index (χ4v) is 3.03. The lowest BCUT2D eigenvalue weighted by molar-refractivity contribution is 0.194. The summed E-state index contributed by atoms with van der Waals surface area (Å²) in [5.41, 5.74) is 0.767. The predicted octanol–water partition coefficient (Wildman–Crippen LogP) is 1.81. The third-order valence-electron chi connectivity index (χ3n) is 3.91. The standard InChI is InChI=1S/C14H18FN3O/c1-17-7-3-4-10(8-17)9-18-13-11(15)5-2-6-12(13)16-14(18)19/h2,5-6,10H,3-4,7-9H2,1H3,(H,16,19). The highest BCUT2D eigenvalue weighted by Gasteiger charge is 2.20. The summed E-state index contributed by atoms with van der Waals surface area (Å²) in [5, 5.41) is 0. The molecule has 0 amide bonds. The highest BCUT2D eigenvalue weighted by molar-refractivity contribution is 5.75. The molecule has 1 fully saturated rings. The van der Waals surface area contributed by atoms with Crippen LogP contribution in [0.3, 0.4) is 0 Å². The first-order valence-electron chi connectivity index (χ1n) is 6.70. The lowest BCUT2D eigenvalue weighted by atomic mass is 9.98. The fraction of sp³-hybridized carbons (Fsp3) is 0.500. The highest BCUT2D eigenvalue weighted by atomic mass is 19.1. The number of piperidine rings is 1. The van der Waals surface area contributed by atoms with Gasteiger partial charge in [0.15, 0.2) is 0 Å². The Balaban J connectivity index is 1.96. The highest BCUT2D eigenvalue weighted by Crippen LogP contribution is 2.20. The van der Waals surface area contributed by atoms with E-state index in [1.165, 1.54) is 6.07 Å². The number of halogens is 1. The van der Waals surface area contributed by atoms with Crippen molar-refractivity contribution in [3.05, 3.63) is 34.5 Å². The SMILES string of the molecule is CN1CCCC(Cn2c(=O)[nH]c3cccc(F)c32)C1. The van der Waals surface area contributed by atoms with Crippen molar-refractivity contribution in [2.24, 2.45) is 5.92 Å². The van der Waals surface area contributed by atoms with Crippen molar-refractivity contribution in [2.75, 3.05) is 20.1 Å². The van der Waals surface area contributed by atoms with Crippen molar-refractivity contribution in [1.29, 1.82) is 0 Å². The summed E-state index contributed by atoms with van der Waals surface area (Å²) in [7, 11) is 2.09. The van der Waals surface area contributed by atoms with Gasteiger partial charge in [0.05, 0.1) is 5.52 Å². The number of benzene rings is 1. The number of nitrogens with one attached hydrogen (secondary N) is 1. The third-order valence-corrected chi connectivity index (χ3v) is 3.91. The number of likely N-dealkylation sites (tertiary alicyclic amines) is 1. The Hall–Kier alpha value is -1.62. The Kier molecular flexibility index (Phi) is 3.14. The van der Waals surface area contributed by atoms with Crippen LogP contribution >= 0.6 is 0 Å². The van der Waals surface area contributed by atoms with Crippen molar-refractivity contribution < 1.29 is 4.39 Å². The van der Waals surface area contributed by atoms with Crippen LogP contribution < -0.4 is 5.69 Å². The molecular formula is C14H18FN3O. The minimum absolute atomic E-state index is 0.215. The number of aromatic amines is 1. The molecule has 1 unspecified atom stereocenters. The molecule has 4 nitrogen and oxygen atoms in total. The average Bonchev–Trinajstić information content (AvgIpc) is 2.67. The number of hydrogen-bond donors (Lipinski definition) is 1. The molecule has 2 heterocycles. The summed E-state index contributed by atoms with van der Waals surface area (Å²) < 4.78 is 15.5. The summed E-state index contributed by atoms with van der Waals surface area (Å²) in [6.07, 6.45) is 2.23. The number of nitrogens with zero attached hydrogens (tertiary/aromatic N) is 2. The number of imidazole rings is 1. The molecule has 0 spiro atoms. The average molecular weight is 263 g/mol. The van der Waals surface area contributed by atoms with Gasteiger partial charge in [0.1, 0.15) is 11.3 Å². The van der Waals surface area contributed by atoms with Gasteiger partial charge in [-0.2, -0.15) is 0 Å². The van der Waals surface area contributed by atoms with Gasteiger partial charge in [-0.15, -0.1) is 0 Å². The molecule has 1 aromatic heterocycles. The van der Waals surface area contributed by atoms with Gasteiger partial charge in [-0.3, -0.25) is 4.57 Å². The van der Waals surface area contributed by atoms with E-state index in [9.17, 15) is 9.18 Å². The first-order chi connectivity index (χ1) is 9.15. The molecule has 2 aromatic rings. The van der Waals surface area contributed by atoms with Gasteiger partial charge in [-0.25, -0.2) is 9.18 Å². The number of para-hydroxylation sites is 1. The number of hydrogen-bond acceptors (Lipinski definition) is 2. The van der Waals surface area contributed by atoms with Gasteiger partial charge in [-0.1, -0.05) is 6.07 Å². The molecule has 1 aromatic carbocycles. The number of rotatable bonds is 2. The summed E-state index contributed by atoms with van der Waals surface area (Å²) in [5.74, 6) is 0.0788. The zero-order valence-corrected chi connectivity index (χ0v) is 11.0. The Morgan fingerprint density at radius 1 is 1.47 bits per heavy atom. The van der Waals surface area contributed by atoms with E-state index in [0.717, 1.165) is 25.9 Å². The minimum atomic E-state index is -0.333. The van der Waals surface area contributed by atoms with Gasteiger partial charge >= 0.3 is 5.69 Å². The largest absolute Gasteiger partial charge is 0.326 e. The summed E-state index contributed by atoms with van der Waals surface area (Å²) in [6.45, 7) is 2.66. The van der Waals surface area contributed by atoms with Crippen LogP contribution in [0.25, 0.3) is 11.0 Å². The lowest BCUT2D eigenvalue weighted by Crippen LogP contribution is -2.35. The second kappa shape index (κ2) is 4.81. The monoisotopic (exact) mass is 263 g/mol. The molecular weight excluding hydrogens is 245 g/mol. The van der Waals surface area contributed by atoms with Crippen molar-refractivity contribution in [3.8, 4) is 0 Å². The number of aromatic nitrogens is 2. The summed E-state index contributed by atoms with van der Waals surface area (Å²) in [6, 6.07) is 4.76. The maximum absolute atomic E-state index is 13.9. The van der Waals surface area contributed by atoms with Gasteiger partial charge in [0.25, 0.3) is 0 Å². The zero-order chi connectivity index (χ0) is 13.4. The molecule has 1 aliphatic heterocycles. The topological polar surface area (TPSA) is 41.0 Å². The second-order valence-electron chi connectivity index (χ2n) is 5.45. The van der Waals surface area contributed by atoms with Crippen LogP contribution in [0.1, 0.15) is 12.8 Å². The first-order valence-corrected chi connectivity index (χ1v) is 6.70. The quantitative estimate of drug-likeness (QED) is 0.897. The molecule has 102 valence electrons. The Morgan fingerprint density at radius 3 is 3.11 bits per heavy atom. The van der Waals surface area contributed by atoms with Crippen LogP contribution in [0.15, 0.2) is 23.0 Å². The van der Waals surface area contributed by atoms with Crippen molar-refractivity contribution in [3.63, 3.8) is 0 Å². The molecule has 1 aliphatic rings. The molecule has 0 aliphatic carbocycles. The van der Waals surface area contributed by atoms with Gasteiger partial charge in [-0.05, 0) is 44.5 Å². The van der Waals surface area contributed by atoms with Crippen LogP contribution in [0, 0.1) is 11.7 Å². The molecule has 3 rings (SSSR count). The maximum Gasteiger partial charge on any atom is 0.326 e. The molecule has 1 saturated heterocycles. The van der Waals surface area contributed by atoms with Crippen LogP contribution in [0.2, 0.25) is 0 Å². The van der Waals surface area contributed by atoms with Gasteiger partial charge < -0.3 is 9.88 Å². The molecule has 0 saturated carbocycles. The third kappa shape index (κ3) is 2.30. The van der Waals surface area contributed by atoms with Gasteiger partial charge in [0, 0.05) is 13.1 Å². The van der Waals surface area contributed by atoms with Crippen molar-refractivity contribution >= 4 is 11.0 Å². The summed E-state index contributed by atoms with van der Waals surface area (Å²) in [4.78, 5) is 17.0. The normalized spacial score (nSPS) is 21.1. The van der Waals surface area contributed by atoms with Gasteiger partial charge in [0.2, 0.25) is 0 Å². The smallest absolute Gasteiger partial charge is 0.306 e. The van der Waals surface area contributed by atoms with Crippen LogP contribution in [0.5, 0.6) is 0 Å². The summed E-state index contributed by atoms with van der Waals surface area (Å²) >= 11 is 0. The van der Waals surface area contributed by atoms with Crippen molar-refractivity contribution in [1.82, 2.24) is 14.5 Å². The number of H-pyrrole nitrogens is 1. The molecule has 5 heteroatoms. The molecule has 1 atom stereocenters. The van der Waals surface area contributed by atoms with Crippen molar-refractivity contribution in [2.45, 2.75) is 19.4 Å². The lowest BCUT2D eigenvalue weighted by Gasteiger charge is -2.29. The second-order valence-corrected chi connectivity index (χ2v) is 5.45. The molecule has 19 heavy (non-hydrogen) atoms. The van der Waals surface area contributed by atoms with E-state index in [2.05, 4.69) is 16.9 Å². The van der Waals surface area contributed by atoms with E-state index in [0.29, 0.717) is 23.5 Å². The van der Waals surface area contributed by atoms with E-state index >= 15 is 0 Å². The van der Waals surface area contributed by atoms with Crippen LogP contribution in [0.4, 0.5) is 4.39 Å². The Labute approximate surface area is 110 Å². The zero-order valence-electron chi connectivity index (χ0n) is 11.0.